The molecular formula is C18H19ClN2O2. The van der Waals surface area contributed by atoms with Crippen LogP contribution in [0.4, 0.5) is 4.79 Å². The molecule has 1 aliphatic heterocycles. The number of amides is 1. The summed E-state index contributed by atoms with van der Waals surface area (Å²) < 4.78 is 0. The van der Waals surface area contributed by atoms with Crippen molar-refractivity contribution in [3.63, 3.8) is 0 Å². The molecule has 4 rings (SSSR count). The van der Waals surface area contributed by atoms with Gasteiger partial charge in [0.2, 0.25) is 0 Å². The first-order valence-corrected chi connectivity index (χ1v) is 7.69. The van der Waals surface area contributed by atoms with Crippen LogP contribution in [0.3, 0.4) is 0 Å². The fourth-order valence-electron chi connectivity index (χ4n) is 3.74. The maximum absolute atomic E-state index is 11.4. The molecule has 0 saturated carbocycles. The third-order valence-electron chi connectivity index (χ3n) is 4.70. The van der Waals surface area contributed by atoms with Gasteiger partial charge >= 0.3 is 6.09 Å². The number of rotatable bonds is 2. The third-order valence-corrected chi connectivity index (χ3v) is 4.70. The van der Waals surface area contributed by atoms with Crippen LogP contribution >= 0.6 is 12.4 Å². The molecule has 0 aromatic heterocycles. The Kier molecular flexibility index (Phi) is 4.28. The Bertz CT molecular complexity index is 689. The predicted octanol–water partition coefficient (Wildman–Crippen LogP) is 3.82. The lowest BCUT2D eigenvalue weighted by atomic mass is 9.97. The van der Waals surface area contributed by atoms with E-state index in [0.717, 1.165) is 19.5 Å². The van der Waals surface area contributed by atoms with Gasteiger partial charge in [-0.15, -0.1) is 12.4 Å². The van der Waals surface area contributed by atoms with Crippen molar-refractivity contribution in [1.29, 1.82) is 0 Å². The molecule has 5 heteroatoms. The van der Waals surface area contributed by atoms with Crippen LogP contribution in [0.15, 0.2) is 48.5 Å². The first-order chi connectivity index (χ1) is 10.8. The molecule has 0 unspecified atom stereocenters. The van der Waals surface area contributed by atoms with Crippen LogP contribution in [0, 0.1) is 0 Å². The lowest BCUT2D eigenvalue weighted by Gasteiger charge is -2.28. The molecule has 2 aromatic carbocycles. The molecule has 2 aliphatic rings. The highest BCUT2D eigenvalue weighted by Gasteiger charge is 2.33. The van der Waals surface area contributed by atoms with Crippen LogP contribution in [0.25, 0.3) is 11.1 Å². The van der Waals surface area contributed by atoms with Crippen LogP contribution in [-0.2, 0) is 0 Å². The molecule has 4 nitrogen and oxygen atoms in total. The summed E-state index contributed by atoms with van der Waals surface area (Å²) >= 11 is 0. The maximum Gasteiger partial charge on any atom is 0.421 e. The fourth-order valence-corrected chi connectivity index (χ4v) is 3.74. The summed E-state index contributed by atoms with van der Waals surface area (Å²) in [6.07, 6.45) is 0.0551. The van der Waals surface area contributed by atoms with E-state index in [1.54, 1.807) is 0 Å². The molecule has 0 bridgehead atoms. The van der Waals surface area contributed by atoms with Crippen molar-refractivity contribution >= 4 is 18.5 Å². The number of hydrogen-bond acceptors (Lipinski definition) is 2. The number of halogens is 1. The Morgan fingerprint density at radius 2 is 1.57 bits per heavy atom. The zero-order chi connectivity index (χ0) is 15.1. The molecule has 1 saturated heterocycles. The highest BCUT2D eigenvalue weighted by Crippen LogP contribution is 2.45. The fraction of sp³-hybridized carbons (Fsp3) is 0.278. The van der Waals surface area contributed by atoms with Gasteiger partial charge in [-0.1, -0.05) is 48.5 Å². The van der Waals surface area contributed by atoms with Gasteiger partial charge in [-0.2, -0.15) is 0 Å². The first kappa shape index (κ1) is 15.8. The molecule has 1 amide bonds. The predicted molar refractivity (Wildman–Crippen MR) is 91.9 cm³/mol. The molecular weight excluding hydrogens is 312 g/mol. The van der Waals surface area contributed by atoms with Gasteiger partial charge in [-0.25, -0.2) is 14.8 Å². The number of fused-ring (bicyclic) bond motifs is 3. The van der Waals surface area contributed by atoms with Crippen molar-refractivity contribution < 1.29 is 9.90 Å². The van der Waals surface area contributed by atoms with Gasteiger partial charge in [0.25, 0.3) is 0 Å². The summed E-state index contributed by atoms with van der Waals surface area (Å²) in [5, 5.41) is 12.8. The third kappa shape index (κ3) is 2.58. The van der Waals surface area contributed by atoms with E-state index >= 15 is 0 Å². The van der Waals surface area contributed by atoms with Gasteiger partial charge in [-0.05, 0) is 28.7 Å². The smallest absolute Gasteiger partial charge is 0.421 e. The van der Waals surface area contributed by atoms with Crippen molar-refractivity contribution in [3.05, 3.63) is 59.7 Å². The van der Waals surface area contributed by atoms with E-state index in [1.165, 1.54) is 27.3 Å². The lowest BCUT2D eigenvalue weighted by Crippen LogP contribution is -2.42. The minimum Gasteiger partial charge on any atom is -0.464 e. The molecule has 120 valence electrons. The Balaban J connectivity index is 0.00000156. The number of carbonyl (C=O) groups is 1. The molecule has 0 atom stereocenters. The largest absolute Gasteiger partial charge is 0.464 e. The second-order valence-electron chi connectivity index (χ2n) is 5.90. The van der Waals surface area contributed by atoms with Crippen LogP contribution in [0.1, 0.15) is 23.5 Å². The topological polar surface area (TPSA) is 43.8 Å². The van der Waals surface area contributed by atoms with Crippen molar-refractivity contribution in [2.45, 2.75) is 12.3 Å². The molecule has 0 radical (unpaired) electrons. The summed E-state index contributed by atoms with van der Waals surface area (Å²) in [6, 6.07) is 16.9. The zero-order valence-corrected chi connectivity index (χ0v) is 13.5. The second-order valence-corrected chi connectivity index (χ2v) is 5.90. The van der Waals surface area contributed by atoms with E-state index in [-0.39, 0.29) is 18.3 Å². The van der Waals surface area contributed by atoms with Gasteiger partial charge in [0, 0.05) is 25.6 Å². The minimum atomic E-state index is -0.850. The molecule has 1 fully saturated rings. The van der Waals surface area contributed by atoms with Gasteiger partial charge < -0.3 is 5.11 Å². The van der Waals surface area contributed by atoms with Crippen molar-refractivity contribution in [1.82, 2.24) is 10.0 Å². The van der Waals surface area contributed by atoms with Gasteiger partial charge in [-0.3, -0.25) is 0 Å². The van der Waals surface area contributed by atoms with E-state index in [0.29, 0.717) is 6.54 Å². The number of hydrazine groups is 1. The molecule has 0 spiro atoms. The summed E-state index contributed by atoms with van der Waals surface area (Å²) in [7, 11) is 0. The zero-order valence-electron chi connectivity index (χ0n) is 12.7. The number of carboxylic acid groups (broad SMARTS) is 1. The average Bonchev–Trinajstić information content (AvgIpc) is 3.12. The van der Waals surface area contributed by atoms with E-state index in [2.05, 4.69) is 48.5 Å². The lowest BCUT2D eigenvalue weighted by molar-refractivity contribution is 0.0308. The van der Waals surface area contributed by atoms with Crippen LogP contribution in [0.2, 0.25) is 0 Å². The van der Waals surface area contributed by atoms with Gasteiger partial charge in [0.15, 0.2) is 0 Å². The number of benzene rings is 2. The SMILES string of the molecule is Cl.O=C(O)N1CCCN1CC1c2ccccc2-c2ccccc21. The summed E-state index contributed by atoms with van der Waals surface area (Å²) in [5.74, 6) is 0.243. The van der Waals surface area contributed by atoms with E-state index < -0.39 is 6.09 Å². The maximum atomic E-state index is 11.4. The van der Waals surface area contributed by atoms with Crippen molar-refractivity contribution in [3.8, 4) is 11.1 Å². The van der Waals surface area contributed by atoms with Crippen LogP contribution in [0.5, 0.6) is 0 Å². The summed E-state index contributed by atoms with van der Waals surface area (Å²) in [4.78, 5) is 11.4. The first-order valence-electron chi connectivity index (χ1n) is 7.69. The Morgan fingerprint density at radius 1 is 1.00 bits per heavy atom. The molecule has 23 heavy (non-hydrogen) atoms. The summed E-state index contributed by atoms with van der Waals surface area (Å²) in [6.45, 7) is 2.14. The van der Waals surface area contributed by atoms with Crippen molar-refractivity contribution in [2.24, 2.45) is 0 Å². The van der Waals surface area contributed by atoms with Gasteiger partial charge in [0.1, 0.15) is 0 Å². The van der Waals surface area contributed by atoms with E-state index in [4.69, 9.17) is 0 Å². The normalized spacial score (nSPS) is 16.8. The van der Waals surface area contributed by atoms with Crippen LogP contribution in [-0.4, -0.2) is 40.9 Å². The molecule has 2 aromatic rings. The van der Waals surface area contributed by atoms with Gasteiger partial charge in [0.05, 0.1) is 0 Å². The van der Waals surface area contributed by atoms with E-state index in [1.807, 2.05) is 5.01 Å². The quantitative estimate of drug-likeness (QED) is 0.910. The highest BCUT2D eigenvalue weighted by atomic mass is 35.5. The Labute approximate surface area is 141 Å². The molecule has 1 N–H and O–H groups in total. The Morgan fingerprint density at radius 3 is 2.13 bits per heavy atom. The minimum absolute atomic E-state index is 0. The standard InChI is InChI=1S/C18H18N2O2.ClH/c21-18(22)20-11-5-10-19(20)12-17-15-8-3-1-6-13(15)14-7-2-4-9-16(14)17;/h1-4,6-9,17H,5,10-12H2,(H,21,22);1H. The monoisotopic (exact) mass is 330 g/mol. The number of nitrogens with zero attached hydrogens (tertiary/aromatic N) is 2. The Hall–Kier alpha value is -2.04. The summed E-state index contributed by atoms with van der Waals surface area (Å²) in [5.41, 5.74) is 5.18. The second kappa shape index (κ2) is 6.22. The van der Waals surface area contributed by atoms with Crippen molar-refractivity contribution in [2.75, 3.05) is 19.6 Å². The molecule has 1 aliphatic carbocycles. The van der Waals surface area contributed by atoms with Crippen LogP contribution < -0.4 is 0 Å². The highest BCUT2D eigenvalue weighted by molar-refractivity contribution is 5.85. The molecule has 1 heterocycles. The van der Waals surface area contributed by atoms with E-state index in [9.17, 15) is 9.90 Å². The average molecular weight is 331 g/mol. The number of hydrogen-bond donors (Lipinski definition) is 1.